The maximum Gasteiger partial charge on any atom is 0.409 e. The third-order valence-electron chi connectivity index (χ3n) is 4.36. The molecule has 1 aromatic heterocycles. The summed E-state index contributed by atoms with van der Waals surface area (Å²) in [6.07, 6.45) is 2.59. The van der Waals surface area contributed by atoms with Gasteiger partial charge in [0.25, 0.3) is 5.91 Å². The number of benzene rings is 1. The number of rotatable bonds is 5. The van der Waals surface area contributed by atoms with Gasteiger partial charge in [-0.2, -0.15) is 0 Å². The zero-order chi connectivity index (χ0) is 19.9. The number of carbonyl (C=O) groups excluding carboxylic acids is 2. The molecule has 2 aromatic rings. The molecule has 0 spiro atoms. The Bertz CT molecular complexity index is 805. The van der Waals surface area contributed by atoms with Crippen molar-refractivity contribution < 1.29 is 18.7 Å². The minimum atomic E-state index is -0.352. The second kappa shape index (κ2) is 9.12. The molecule has 0 bridgehead atoms. The van der Waals surface area contributed by atoms with E-state index in [1.807, 2.05) is 0 Å². The molecule has 0 unspecified atom stereocenters. The molecule has 0 atom stereocenters. The molecular formula is C19H22FN5O3. The number of carbonyl (C=O) groups is 2. The van der Waals surface area contributed by atoms with E-state index in [0.29, 0.717) is 50.8 Å². The largest absolute Gasteiger partial charge is 0.450 e. The normalized spacial score (nSPS) is 13.9. The Morgan fingerprint density at radius 1 is 1.07 bits per heavy atom. The van der Waals surface area contributed by atoms with Crippen LogP contribution in [0.1, 0.15) is 22.8 Å². The molecule has 1 aromatic carbocycles. The lowest BCUT2D eigenvalue weighted by Gasteiger charge is -2.33. The first-order chi connectivity index (χ1) is 13.6. The number of hydrogen-bond acceptors (Lipinski definition) is 6. The van der Waals surface area contributed by atoms with Gasteiger partial charge in [0, 0.05) is 45.1 Å². The van der Waals surface area contributed by atoms with Gasteiger partial charge >= 0.3 is 6.09 Å². The predicted molar refractivity (Wildman–Crippen MR) is 100 cm³/mol. The highest BCUT2D eigenvalue weighted by Crippen LogP contribution is 2.10. The highest BCUT2D eigenvalue weighted by atomic mass is 19.1. The maximum atomic E-state index is 12.9. The van der Waals surface area contributed by atoms with Crippen molar-refractivity contribution in [1.82, 2.24) is 19.8 Å². The number of halogens is 1. The average Bonchev–Trinajstić information content (AvgIpc) is 2.73. The molecular weight excluding hydrogens is 365 g/mol. The number of aromatic nitrogens is 2. The summed E-state index contributed by atoms with van der Waals surface area (Å²) in [4.78, 5) is 35.9. The minimum absolute atomic E-state index is 0.173. The molecule has 1 fully saturated rings. The number of nitrogens with one attached hydrogen (secondary N) is 1. The van der Waals surface area contributed by atoms with Crippen LogP contribution in [-0.4, -0.2) is 64.6 Å². The summed E-state index contributed by atoms with van der Waals surface area (Å²) in [5.41, 5.74) is 1.28. The van der Waals surface area contributed by atoms with Gasteiger partial charge < -0.3 is 19.9 Å². The molecule has 9 heteroatoms. The van der Waals surface area contributed by atoms with Gasteiger partial charge in [-0.05, 0) is 24.6 Å². The molecule has 8 nitrogen and oxygen atoms in total. The number of hydrogen-bond donors (Lipinski definition) is 1. The predicted octanol–water partition coefficient (Wildman–Crippen LogP) is 2.14. The van der Waals surface area contributed by atoms with Crippen molar-refractivity contribution in [3.8, 4) is 0 Å². The van der Waals surface area contributed by atoms with Crippen molar-refractivity contribution in [3.63, 3.8) is 0 Å². The van der Waals surface area contributed by atoms with Crippen molar-refractivity contribution in [2.24, 2.45) is 0 Å². The van der Waals surface area contributed by atoms with Crippen LogP contribution in [0.5, 0.6) is 0 Å². The van der Waals surface area contributed by atoms with Crippen LogP contribution in [0, 0.1) is 5.82 Å². The summed E-state index contributed by atoms with van der Waals surface area (Å²) in [5.74, 6) is -0.0763. The molecule has 1 saturated heterocycles. The summed E-state index contributed by atoms with van der Waals surface area (Å²) in [7, 11) is 0. The zero-order valence-electron chi connectivity index (χ0n) is 15.6. The second-order valence-corrected chi connectivity index (χ2v) is 6.25. The molecule has 2 heterocycles. The van der Waals surface area contributed by atoms with E-state index in [9.17, 15) is 14.0 Å². The average molecular weight is 387 g/mol. The second-order valence-electron chi connectivity index (χ2n) is 6.25. The first-order valence-electron chi connectivity index (χ1n) is 9.08. The van der Waals surface area contributed by atoms with E-state index in [4.69, 9.17) is 4.74 Å². The molecule has 0 radical (unpaired) electrons. The van der Waals surface area contributed by atoms with E-state index in [0.717, 1.165) is 5.56 Å². The Morgan fingerprint density at radius 3 is 2.29 bits per heavy atom. The minimum Gasteiger partial charge on any atom is -0.450 e. The van der Waals surface area contributed by atoms with Crippen LogP contribution in [0.2, 0.25) is 0 Å². The fraction of sp³-hybridized carbons (Fsp3) is 0.368. The Hall–Kier alpha value is -3.23. The topological polar surface area (TPSA) is 87.7 Å². The number of amides is 2. The Labute approximate surface area is 162 Å². The molecule has 28 heavy (non-hydrogen) atoms. The summed E-state index contributed by atoms with van der Waals surface area (Å²) in [6.45, 7) is 4.27. The lowest BCUT2D eigenvalue weighted by Crippen LogP contribution is -2.50. The van der Waals surface area contributed by atoms with Gasteiger partial charge in [0.1, 0.15) is 5.82 Å². The van der Waals surface area contributed by atoms with Crippen LogP contribution < -0.4 is 5.32 Å². The van der Waals surface area contributed by atoms with E-state index >= 15 is 0 Å². The standard InChI is InChI=1S/C19H22FN5O3/c1-2-28-19(27)25-9-7-24(8-10-25)17(26)15-12-22-18(23-13-15)21-11-14-3-5-16(20)6-4-14/h3-6,12-13H,2,7-11H2,1H3,(H,21,22,23). The number of ether oxygens (including phenoxy) is 1. The SMILES string of the molecule is CCOC(=O)N1CCN(C(=O)c2cnc(NCc3ccc(F)cc3)nc2)CC1. The summed E-state index contributed by atoms with van der Waals surface area (Å²) in [5, 5.41) is 3.03. The molecule has 0 aliphatic carbocycles. The molecule has 0 saturated carbocycles. The van der Waals surface area contributed by atoms with E-state index < -0.39 is 0 Å². The Balaban J connectivity index is 1.51. The van der Waals surface area contributed by atoms with E-state index in [-0.39, 0.29) is 17.8 Å². The van der Waals surface area contributed by atoms with Crippen molar-refractivity contribution >= 4 is 17.9 Å². The molecule has 1 aliphatic rings. The van der Waals surface area contributed by atoms with Gasteiger partial charge in [-0.3, -0.25) is 4.79 Å². The van der Waals surface area contributed by atoms with Crippen molar-refractivity contribution in [2.45, 2.75) is 13.5 Å². The van der Waals surface area contributed by atoms with Crippen LogP contribution in [0.4, 0.5) is 15.1 Å². The van der Waals surface area contributed by atoms with Crippen molar-refractivity contribution in [3.05, 3.63) is 53.6 Å². The van der Waals surface area contributed by atoms with Gasteiger partial charge in [0.2, 0.25) is 5.95 Å². The number of piperazine rings is 1. The van der Waals surface area contributed by atoms with E-state index in [1.54, 1.807) is 28.9 Å². The number of nitrogens with zero attached hydrogens (tertiary/aromatic N) is 4. The highest BCUT2D eigenvalue weighted by molar-refractivity contribution is 5.93. The van der Waals surface area contributed by atoms with Crippen LogP contribution in [-0.2, 0) is 11.3 Å². The fourth-order valence-corrected chi connectivity index (χ4v) is 2.80. The van der Waals surface area contributed by atoms with Crippen LogP contribution in [0.25, 0.3) is 0 Å². The van der Waals surface area contributed by atoms with Gasteiger partial charge in [0.15, 0.2) is 0 Å². The molecule has 1 aliphatic heterocycles. The molecule has 148 valence electrons. The highest BCUT2D eigenvalue weighted by Gasteiger charge is 2.25. The van der Waals surface area contributed by atoms with Gasteiger partial charge in [-0.1, -0.05) is 12.1 Å². The third-order valence-corrected chi connectivity index (χ3v) is 4.36. The monoisotopic (exact) mass is 387 g/mol. The summed E-state index contributed by atoms with van der Waals surface area (Å²) < 4.78 is 17.9. The van der Waals surface area contributed by atoms with Gasteiger partial charge in [-0.15, -0.1) is 0 Å². The summed E-state index contributed by atoms with van der Waals surface area (Å²) in [6, 6.07) is 6.13. The quantitative estimate of drug-likeness (QED) is 0.846. The lowest BCUT2D eigenvalue weighted by atomic mass is 10.2. The molecule has 3 rings (SSSR count). The Morgan fingerprint density at radius 2 is 1.68 bits per heavy atom. The third kappa shape index (κ3) is 4.93. The fourth-order valence-electron chi connectivity index (χ4n) is 2.80. The van der Waals surface area contributed by atoms with Gasteiger partial charge in [0.05, 0.1) is 12.2 Å². The van der Waals surface area contributed by atoms with Crippen molar-refractivity contribution in [1.29, 1.82) is 0 Å². The summed E-state index contributed by atoms with van der Waals surface area (Å²) >= 11 is 0. The maximum absolute atomic E-state index is 12.9. The lowest BCUT2D eigenvalue weighted by molar-refractivity contribution is 0.0570. The van der Waals surface area contributed by atoms with E-state index in [1.165, 1.54) is 24.5 Å². The van der Waals surface area contributed by atoms with Crippen LogP contribution >= 0.6 is 0 Å². The first-order valence-corrected chi connectivity index (χ1v) is 9.08. The van der Waals surface area contributed by atoms with Crippen LogP contribution in [0.3, 0.4) is 0 Å². The van der Waals surface area contributed by atoms with E-state index in [2.05, 4.69) is 15.3 Å². The smallest absolute Gasteiger partial charge is 0.409 e. The number of anilines is 1. The zero-order valence-corrected chi connectivity index (χ0v) is 15.6. The van der Waals surface area contributed by atoms with Crippen LogP contribution in [0.15, 0.2) is 36.7 Å². The van der Waals surface area contributed by atoms with Crippen molar-refractivity contribution in [2.75, 3.05) is 38.1 Å². The molecule has 1 N–H and O–H groups in total. The molecule has 2 amide bonds. The first kappa shape index (κ1) is 19.5. The van der Waals surface area contributed by atoms with Gasteiger partial charge in [-0.25, -0.2) is 19.2 Å². The Kier molecular flexibility index (Phi) is 6.36.